The third-order valence-corrected chi connectivity index (χ3v) is 1.78. The van der Waals surface area contributed by atoms with E-state index < -0.39 is 29.8 Å². The Balaban J connectivity index is 2.81. The lowest BCUT2D eigenvalue weighted by Gasteiger charge is -2.01. The van der Waals surface area contributed by atoms with E-state index >= 15 is 0 Å². The molecule has 0 amide bonds. The van der Waals surface area contributed by atoms with Crippen molar-refractivity contribution >= 4 is 11.8 Å². The van der Waals surface area contributed by atoms with E-state index in [2.05, 4.69) is 4.74 Å². The van der Waals surface area contributed by atoms with Gasteiger partial charge in [0.2, 0.25) is 5.78 Å². The number of carbonyl (C=O) groups is 2. The Morgan fingerprint density at radius 2 is 2.00 bits per heavy atom. The summed E-state index contributed by atoms with van der Waals surface area (Å²) in [5, 5.41) is 0. The van der Waals surface area contributed by atoms with Gasteiger partial charge in [0.15, 0.2) is 0 Å². The van der Waals surface area contributed by atoms with Crippen LogP contribution < -0.4 is 0 Å². The standard InChI is InChI=1S/C10H8F2O3/c1-15-10(14)9(13)4-6-2-3-7(11)5-8(6)12/h2-3,5H,4H2,1H3. The monoisotopic (exact) mass is 214 g/mol. The van der Waals surface area contributed by atoms with Crippen molar-refractivity contribution < 1.29 is 23.1 Å². The van der Waals surface area contributed by atoms with Gasteiger partial charge in [-0.25, -0.2) is 13.6 Å². The van der Waals surface area contributed by atoms with E-state index in [0.717, 1.165) is 19.2 Å². The summed E-state index contributed by atoms with van der Waals surface area (Å²) in [7, 11) is 1.06. The van der Waals surface area contributed by atoms with Crippen molar-refractivity contribution in [1.29, 1.82) is 0 Å². The Bertz CT molecular complexity index is 402. The number of ketones is 1. The quantitative estimate of drug-likeness (QED) is 0.561. The van der Waals surface area contributed by atoms with Crippen molar-refractivity contribution in [3.8, 4) is 0 Å². The van der Waals surface area contributed by atoms with Gasteiger partial charge in [-0.05, 0) is 11.6 Å². The minimum atomic E-state index is -1.04. The molecule has 0 aliphatic rings. The molecule has 5 heteroatoms. The summed E-state index contributed by atoms with van der Waals surface area (Å²) in [4.78, 5) is 21.8. The van der Waals surface area contributed by atoms with Crippen molar-refractivity contribution in [2.45, 2.75) is 6.42 Å². The summed E-state index contributed by atoms with van der Waals surface area (Å²) in [5.41, 5.74) is -0.0354. The molecular weight excluding hydrogens is 206 g/mol. The second-order valence-electron chi connectivity index (χ2n) is 2.83. The second kappa shape index (κ2) is 4.63. The van der Waals surface area contributed by atoms with Crippen molar-refractivity contribution in [2.75, 3.05) is 7.11 Å². The lowest BCUT2D eigenvalue weighted by Crippen LogP contribution is -2.18. The van der Waals surface area contributed by atoms with Crippen LogP contribution in [0.15, 0.2) is 18.2 Å². The predicted octanol–water partition coefficient (Wildman–Crippen LogP) is 1.25. The lowest BCUT2D eigenvalue weighted by molar-refractivity contribution is -0.151. The first-order valence-electron chi connectivity index (χ1n) is 4.09. The van der Waals surface area contributed by atoms with E-state index in [4.69, 9.17) is 0 Å². The normalized spacial score (nSPS) is 9.80. The number of carbonyl (C=O) groups excluding carboxylic acids is 2. The van der Waals surface area contributed by atoms with Gasteiger partial charge in [-0.15, -0.1) is 0 Å². The fourth-order valence-electron chi connectivity index (χ4n) is 1.02. The third kappa shape index (κ3) is 2.83. The Morgan fingerprint density at radius 1 is 1.33 bits per heavy atom. The molecule has 3 nitrogen and oxygen atoms in total. The minimum absolute atomic E-state index is 0.0354. The van der Waals surface area contributed by atoms with Gasteiger partial charge in [0.1, 0.15) is 11.6 Å². The van der Waals surface area contributed by atoms with Gasteiger partial charge in [0, 0.05) is 12.5 Å². The molecular formula is C10H8F2O3. The van der Waals surface area contributed by atoms with Gasteiger partial charge in [-0.3, -0.25) is 4.79 Å². The van der Waals surface area contributed by atoms with Crippen molar-refractivity contribution in [2.24, 2.45) is 0 Å². The molecule has 0 bridgehead atoms. The van der Waals surface area contributed by atoms with Gasteiger partial charge in [-0.2, -0.15) is 0 Å². The van der Waals surface area contributed by atoms with Gasteiger partial charge in [0.25, 0.3) is 0 Å². The first-order chi connectivity index (χ1) is 7.04. The summed E-state index contributed by atoms with van der Waals surface area (Å²) >= 11 is 0. The molecule has 0 heterocycles. The SMILES string of the molecule is COC(=O)C(=O)Cc1ccc(F)cc1F. The number of rotatable bonds is 3. The van der Waals surface area contributed by atoms with Crippen molar-refractivity contribution in [3.05, 3.63) is 35.4 Å². The molecule has 0 spiro atoms. The van der Waals surface area contributed by atoms with E-state index in [9.17, 15) is 18.4 Å². The zero-order chi connectivity index (χ0) is 11.4. The summed E-state index contributed by atoms with van der Waals surface area (Å²) < 4.78 is 29.7. The van der Waals surface area contributed by atoms with E-state index in [1.54, 1.807) is 0 Å². The summed E-state index contributed by atoms with van der Waals surface area (Å²) in [5.74, 6) is -3.50. The molecule has 0 atom stereocenters. The van der Waals surface area contributed by atoms with Crippen LogP contribution in [0.2, 0.25) is 0 Å². The van der Waals surface area contributed by atoms with Crippen LogP contribution >= 0.6 is 0 Å². The number of ether oxygens (including phenoxy) is 1. The molecule has 15 heavy (non-hydrogen) atoms. The Hall–Kier alpha value is -1.78. The van der Waals surface area contributed by atoms with Crippen molar-refractivity contribution in [1.82, 2.24) is 0 Å². The number of halogens is 2. The number of methoxy groups -OCH3 is 1. The smallest absolute Gasteiger partial charge is 0.374 e. The lowest BCUT2D eigenvalue weighted by atomic mass is 10.1. The summed E-state index contributed by atoms with van der Waals surface area (Å²) in [6, 6.07) is 2.79. The van der Waals surface area contributed by atoms with E-state index in [-0.39, 0.29) is 5.56 Å². The Labute approximate surface area is 84.7 Å². The largest absolute Gasteiger partial charge is 0.463 e. The average Bonchev–Trinajstić information content (AvgIpc) is 2.20. The highest BCUT2D eigenvalue weighted by molar-refractivity contribution is 6.34. The van der Waals surface area contributed by atoms with Crippen LogP contribution in [-0.4, -0.2) is 18.9 Å². The van der Waals surface area contributed by atoms with Crippen LogP contribution in [0.5, 0.6) is 0 Å². The number of benzene rings is 1. The third-order valence-electron chi connectivity index (χ3n) is 1.78. The maximum atomic E-state index is 13.0. The fraction of sp³-hybridized carbons (Fsp3) is 0.200. The van der Waals surface area contributed by atoms with Crippen molar-refractivity contribution in [3.63, 3.8) is 0 Å². The van der Waals surface area contributed by atoms with Crippen LogP contribution in [-0.2, 0) is 20.7 Å². The highest BCUT2D eigenvalue weighted by Gasteiger charge is 2.16. The maximum absolute atomic E-state index is 13.0. The second-order valence-corrected chi connectivity index (χ2v) is 2.83. The first-order valence-corrected chi connectivity index (χ1v) is 4.09. The molecule has 0 saturated heterocycles. The molecule has 1 aromatic rings. The summed E-state index contributed by atoms with van der Waals surface area (Å²) in [6.45, 7) is 0. The van der Waals surface area contributed by atoms with Crippen LogP contribution in [0.1, 0.15) is 5.56 Å². The van der Waals surface area contributed by atoms with E-state index in [1.807, 2.05) is 0 Å². The number of esters is 1. The zero-order valence-electron chi connectivity index (χ0n) is 7.92. The minimum Gasteiger partial charge on any atom is -0.463 e. The Morgan fingerprint density at radius 3 is 2.53 bits per heavy atom. The topological polar surface area (TPSA) is 43.4 Å². The van der Waals surface area contributed by atoms with Gasteiger partial charge in [0.05, 0.1) is 7.11 Å². The fourth-order valence-corrected chi connectivity index (χ4v) is 1.02. The molecule has 80 valence electrons. The first kappa shape index (κ1) is 11.3. The molecule has 0 radical (unpaired) electrons. The molecule has 1 aromatic carbocycles. The molecule has 0 aliphatic carbocycles. The highest BCUT2D eigenvalue weighted by atomic mass is 19.1. The molecule has 0 aliphatic heterocycles. The number of hydrogen-bond acceptors (Lipinski definition) is 3. The number of Topliss-reactive ketones (excluding diaryl/α,β-unsaturated/α-hetero) is 1. The van der Waals surface area contributed by atoms with E-state index in [0.29, 0.717) is 6.07 Å². The molecule has 0 fully saturated rings. The molecule has 0 aromatic heterocycles. The van der Waals surface area contributed by atoms with Gasteiger partial charge >= 0.3 is 5.97 Å². The van der Waals surface area contributed by atoms with Crippen LogP contribution in [0.4, 0.5) is 8.78 Å². The van der Waals surface area contributed by atoms with E-state index in [1.165, 1.54) is 0 Å². The number of hydrogen-bond donors (Lipinski definition) is 0. The van der Waals surface area contributed by atoms with Crippen LogP contribution in [0, 0.1) is 11.6 Å². The molecule has 0 unspecified atom stereocenters. The van der Waals surface area contributed by atoms with Crippen LogP contribution in [0.25, 0.3) is 0 Å². The highest BCUT2D eigenvalue weighted by Crippen LogP contribution is 2.10. The van der Waals surface area contributed by atoms with Gasteiger partial charge < -0.3 is 4.74 Å². The predicted molar refractivity (Wildman–Crippen MR) is 47.1 cm³/mol. The van der Waals surface area contributed by atoms with Gasteiger partial charge in [-0.1, -0.05) is 6.07 Å². The van der Waals surface area contributed by atoms with Crippen LogP contribution in [0.3, 0.4) is 0 Å². The Kier molecular flexibility index (Phi) is 3.49. The average molecular weight is 214 g/mol. The maximum Gasteiger partial charge on any atom is 0.374 e. The molecule has 1 rings (SSSR count). The zero-order valence-corrected chi connectivity index (χ0v) is 7.92. The summed E-state index contributed by atoms with van der Waals surface area (Å²) in [6.07, 6.45) is -0.432. The molecule has 0 saturated carbocycles. The molecule has 0 N–H and O–H groups in total.